The summed E-state index contributed by atoms with van der Waals surface area (Å²) in [5, 5.41) is 10.1. The van der Waals surface area contributed by atoms with Gasteiger partial charge in [0.1, 0.15) is 0 Å². The summed E-state index contributed by atoms with van der Waals surface area (Å²) in [6.45, 7) is 6.14. The summed E-state index contributed by atoms with van der Waals surface area (Å²) in [6.07, 6.45) is -4.12. The van der Waals surface area contributed by atoms with Crippen LogP contribution in [-0.2, 0) is 9.47 Å². The lowest BCUT2D eigenvalue weighted by Gasteiger charge is -2.41. The molecular formula is C15H29F3N2O3. The van der Waals surface area contributed by atoms with Crippen molar-refractivity contribution in [3.8, 4) is 0 Å². The molecule has 0 aromatic rings. The van der Waals surface area contributed by atoms with Crippen molar-refractivity contribution in [2.45, 2.75) is 57.8 Å². The van der Waals surface area contributed by atoms with E-state index in [1.54, 1.807) is 4.90 Å². The zero-order chi connectivity index (χ0) is 17.7. The number of piperidine rings is 1. The predicted molar refractivity (Wildman–Crippen MR) is 80.9 cm³/mol. The highest BCUT2D eigenvalue weighted by Gasteiger charge is 2.36. The van der Waals surface area contributed by atoms with E-state index in [2.05, 4.69) is 0 Å². The summed E-state index contributed by atoms with van der Waals surface area (Å²) < 4.78 is 48.6. The molecule has 138 valence electrons. The molecule has 1 saturated heterocycles. The second-order valence-corrected chi connectivity index (χ2v) is 6.90. The molecule has 0 spiro atoms. The zero-order valence-corrected chi connectivity index (χ0v) is 14.4. The number of rotatable bonds is 7. The Morgan fingerprint density at radius 3 is 2.22 bits per heavy atom. The van der Waals surface area contributed by atoms with E-state index in [1.807, 2.05) is 20.8 Å². The first-order valence-corrected chi connectivity index (χ1v) is 7.91. The van der Waals surface area contributed by atoms with Crippen LogP contribution >= 0.6 is 0 Å². The second kappa shape index (κ2) is 8.62. The smallest absolute Gasteiger partial charge is 0.383 e. The van der Waals surface area contributed by atoms with Crippen molar-refractivity contribution in [2.24, 2.45) is 0 Å². The van der Waals surface area contributed by atoms with Crippen LogP contribution in [-0.4, -0.2) is 79.0 Å². The Morgan fingerprint density at radius 2 is 1.78 bits per heavy atom. The van der Waals surface area contributed by atoms with Gasteiger partial charge in [0.25, 0.3) is 0 Å². The molecule has 0 aromatic heterocycles. The fourth-order valence-corrected chi connectivity index (χ4v) is 2.69. The maximum atomic E-state index is 12.7. The summed E-state index contributed by atoms with van der Waals surface area (Å²) in [5.74, 6) is 0. The van der Waals surface area contributed by atoms with Crippen LogP contribution in [0.1, 0.15) is 33.6 Å². The SMILES string of the molecule is COCCN(CC(F)(F)F)C1CCN(C(O)OC(C)(C)C)CC1. The Balaban J connectivity index is 2.53. The lowest BCUT2D eigenvalue weighted by molar-refractivity contribution is -0.244. The topological polar surface area (TPSA) is 45.2 Å². The number of hydrogen-bond acceptors (Lipinski definition) is 5. The van der Waals surface area contributed by atoms with Gasteiger partial charge in [0.05, 0.1) is 18.8 Å². The largest absolute Gasteiger partial charge is 0.401 e. The third-order valence-electron chi connectivity index (χ3n) is 3.75. The van der Waals surface area contributed by atoms with Gasteiger partial charge in [-0.1, -0.05) is 0 Å². The molecule has 1 rings (SSSR count). The van der Waals surface area contributed by atoms with Crippen LogP contribution in [0.4, 0.5) is 13.2 Å². The van der Waals surface area contributed by atoms with Gasteiger partial charge in [-0.3, -0.25) is 9.80 Å². The van der Waals surface area contributed by atoms with Crippen molar-refractivity contribution in [2.75, 3.05) is 39.9 Å². The first-order chi connectivity index (χ1) is 10.5. The van der Waals surface area contributed by atoms with Gasteiger partial charge in [0.15, 0.2) is 0 Å². The normalized spacial score (nSPS) is 20.2. The summed E-state index contributed by atoms with van der Waals surface area (Å²) in [5.41, 5.74) is -0.475. The van der Waals surface area contributed by atoms with Crippen LogP contribution in [0.5, 0.6) is 0 Å². The molecule has 0 aliphatic carbocycles. The van der Waals surface area contributed by atoms with E-state index < -0.39 is 24.7 Å². The molecule has 5 nitrogen and oxygen atoms in total. The van der Waals surface area contributed by atoms with E-state index in [-0.39, 0.29) is 19.2 Å². The first kappa shape index (κ1) is 20.6. The summed E-state index contributed by atoms with van der Waals surface area (Å²) in [4.78, 5) is 3.18. The van der Waals surface area contributed by atoms with Crippen molar-refractivity contribution in [3.63, 3.8) is 0 Å². The third kappa shape index (κ3) is 8.30. The minimum Gasteiger partial charge on any atom is -0.383 e. The highest BCUT2D eigenvalue weighted by molar-refractivity contribution is 4.81. The highest BCUT2D eigenvalue weighted by atomic mass is 19.4. The van der Waals surface area contributed by atoms with Crippen LogP contribution in [0.2, 0.25) is 0 Å². The lowest BCUT2D eigenvalue weighted by Crippen LogP contribution is -2.52. The van der Waals surface area contributed by atoms with E-state index in [0.717, 1.165) is 0 Å². The Kier molecular flexibility index (Phi) is 7.73. The molecule has 8 heteroatoms. The number of halogens is 3. The van der Waals surface area contributed by atoms with E-state index in [0.29, 0.717) is 25.9 Å². The summed E-state index contributed by atoms with van der Waals surface area (Å²) in [6, 6.07) is -0.162. The van der Waals surface area contributed by atoms with Gasteiger partial charge in [-0.2, -0.15) is 13.2 Å². The van der Waals surface area contributed by atoms with Crippen molar-refractivity contribution in [3.05, 3.63) is 0 Å². The molecule has 0 bridgehead atoms. The van der Waals surface area contributed by atoms with E-state index >= 15 is 0 Å². The van der Waals surface area contributed by atoms with Gasteiger partial charge in [-0.05, 0) is 33.6 Å². The molecule has 0 saturated carbocycles. The number of likely N-dealkylation sites (tertiary alicyclic amines) is 1. The molecule has 0 radical (unpaired) electrons. The van der Waals surface area contributed by atoms with Crippen LogP contribution in [0.15, 0.2) is 0 Å². The lowest BCUT2D eigenvalue weighted by atomic mass is 10.0. The van der Waals surface area contributed by atoms with Gasteiger partial charge in [-0.25, -0.2) is 0 Å². The minimum absolute atomic E-state index is 0.162. The Labute approximate surface area is 136 Å². The highest BCUT2D eigenvalue weighted by Crippen LogP contribution is 2.24. The first-order valence-electron chi connectivity index (χ1n) is 7.91. The fraction of sp³-hybridized carbons (Fsp3) is 1.00. The van der Waals surface area contributed by atoms with E-state index in [4.69, 9.17) is 9.47 Å². The number of nitrogens with zero attached hydrogens (tertiary/aromatic N) is 2. The van der Waals surface area contributed by atoms with Crippen LogP contribution in [0.25, 0.3) is 0 Å². The van der Waals surface area contributed by atoms with Gasteiger partial charge in [-0.15, -0.1) is 0 Å². The van der Waals surface area contributed by atoms with Gasteiger partial charge in [0.2, 0.25) is 6.41 Å². The Hall–Kier alpha value is -0.410. The quantitative estimate of drug-likeness (QED) is 0.718. The molecular weight excluding hydrogens is 313 g/mol. The third-order valence-corrected chi connectivity index (χ3v) is 3.75. The molecule has 1 aliphatic heterocycles. The van der Waals surface area contributed by atoms with Crippen molar-refractivity contribution in [1.82, 2.24) is 9.80 Å². The molecule has 0 amide bonds. The zero-order valence-electron chi connectivity index (χ0n) is 14.4. The van der Waals surface area contributed by atoms with Gasteiger partial charge in [0, 0.05) is 32.8 Å². The van der Waals surface area contributed by atoms with Crippen molar-refractivity contribution >= 4 is 0 Å². The standard InChI is InChI=1S/C15H29F3N2O3/c1-14(2,3)23-13(21)19-7-5-12(6-8-19)20(9-10-22-4)11-15(16,17)18/h12-13,21H,5-11H2,1-4H3. The number of ether oxygens (including phenoxy) is 2. The van der Waals surface area contributed by atoms with Crippen LogP contribution in [0.3, 0.4) is 0 Å². The van der Waals surface area contributed by atoms with Gasteiger partial charge >= 0.3 is 6.18 Å². The van der Waals surface area contributed by atoms with Crippen LogP contribution < -0.4 is 0 Å². The maximum Gasteiger partial charge on any atom is 0.401 e. The average Bonchev–Trinajstić information content (AvgIpc) is 2.40. The molecule has 1 unspecified atom stereocenters. The van der Waals surface area contributed by atoms with Crippen molar-refractivity contribution in [1.29, 1.82) is 0 Å². The number of hydrogen-bond donors (Lipinski definition) is 1. The summed E-state index contributed by atoms with van der Waals surface area (Å²) >= 11 is 0. The number of aliphatic hydroxyl groups excluding tert-OH is 1. The van der Waals surface area contributed by atoms with E-state index in [9.17, 15) is 18.3 Å². The van der Waals surface area contributed by atoms with Gasteiger partial charge < -0.3 is 14.6 Å². The van der Waals surface area contributed by atoms with E-state index in [1.165, 1.54) is 12.0 Å². The molecule has 0 aromatic carbocycles. The second-order valence-electron chi connectivity index (χ2n) is 6.90. The minimum atomic E-state index is -4.22. The van der Waals surface area contributed by atoms with Crippen molar-refractivity contribution < 1.29 is 27.8 Å². The maximum absolute atomic E-state index is 12.7. The number of methoxy groups -OCH3 is 1. The molecule has 1 atom stereocenters. The average molecular weight is 342 g/mol. The number of aliphatic hydroxyl groups is 1. The Morgan fingerprint density at radius 1 is 1.22 bits per heavy atom. The fourth-order valence-electron chi connectivity index (χ4n) is 2.69. The molecule has 1 heterocycles. The molecule has 1 N–H and O–H groups in total. The number of alkyl halides is 3. The Bertz CT molecular complexity index is 340. The monoisotopic (exact) mass is 342 g/mol. The molecule has 1 aliphatic rings. The molecule has 1 fully saturated rings. The molecule has 23 heavy (non-hydrogen) atoms. The summed E-state index contributed by atoms with van der Waals surface area (Å²) in [7, 11) is 1.48. The predicted octanol–water partition coefficient (Wildman–Crippen LogP) is 2.05. The van der Waals surface area contributed by atoms with Crippen LogP contribution in [0, 0.1) is 0 Å².